The fourth-order valence-corrected chi connectivity index (χ4v) is 3.28. The number of rotatable bonds is 7. The van der Waals surface area contributed by atoms with E-state index in [2.05, 4.69) is 21.2 Å². The van der Waals surface area contributed by atoms with Crippen LogP contribution in [0.25, 0.3) is 6.08 Å². The van der Waals surface area contributed by atoms with Crippen LogP contribution in [0.2, 0.25) is 5.02 Å². The number of hydrogen-bond donors (Lipinski definition) is 1. The van der Waals surface area contributed by atoms with Crippen molar-refractivity contribution >= 4 is 45.2 Å². The molecule has 0 spiro atoms. The van der Waals surface area contributed by atoms with Crippen molar-refractivity contribution in [1.82, 2.24) is 0 Å². The quantitative estimate of drug-likeness (QED) is 0.293. The van der Waals surface area contributed by atoms with E-state index in [4.69, 9.17) is 21.1 Å². The Kier molecular flexibility index (Phi) is 7.87. The first-order valence-electron chi connectivity index (χ1n) is 9.33. The maximum atomic E-state index is 13.1. The van der Waals surface area contributed by atoms with E-state index in [1.807, 2.05) is 6.07 Å². The molecular weight excluding hydrogens is 499 g/mol. The maximum absolute atomic E-state index is 13.1. The Morgan fingerprint density at radius 3 is 2.50 bits per heavy atom. The van der Waals surface area contributed by atoms with Gasteiger partial charge in [-0.05, 0) is 65.7 Å². The van der Waals surface area contributed by atoms with Crippen molar-refractivity contribution in [2.24, 2.45) is 0 Å². The molecule has 0 aromatic heterocycles. The third-order valence-electron chi connectivity index (χ3n) is 4.33. The molecule has 5 nitrogen and oxygen atoms in total. The lowest BCUT2D eigenvalue weighted by Crippen LogP contribution is -2.13. The normalized spacial score (nSPS) is 10.9. The number of methoxy groups -OCH3 is 1. The molecule has 0 heterocycles. The monoisotopic (exact) mass is 514 g/mol. The van der Waals surface area contributed by atoms with Gasteiger partial charge in [-0.1, -0.05) is 39.7 Å². The van der Waals surface area contributed by atoms with Crippen LogP contribution < -0.4 is 14.8 Å². The number of amides is 1. The number of benzene rings is 3. The number of nitriles is 1. The molecular formula is C24H17BrClFN2O3. The SMILES string of the molecule is COc1cc(/C=C(/C#N)C(=O)Nc2ccc(Br)cc2)cc(Cl)c1OCc1ccc(F)cc1. The minimum Gasteiger partial charge on any atom is -0.493 e. The Balaban J connectivity index is 1.80. The highest BCUT2D eigenvalue weighted by molar-refractivity contribution is 9.10. The number of halogens is 3. The van der Waals surface area contributed by atoms with E-state index in [1.54, 1.807) is 48.5 Å². The van der Waals surface area contributed by atoms with Gasteiger partial charge >= 0.3 is 0 Å². The summed E-state index contributed by atoms with van der Waals surface area (Å²) in [5.74, 6) is -0.260. The first-order chi connectivity index (χ1) is 15.4. The van der Waals surface area contributed by atoms with Crippen LogP contribution in [-0.2, 0) is 11.4 Å². The smallest absolute Gasteiger partial charge is 0.266 e. The Hall–Kier alpha value is -3.34. The van der Waals surface area contributed by atoms with Crippen LogP contribution in [0.15, 0.2) is 70.7 Å². The summed E-state index contributed by atoms with van der Waals surface area (Å²) in [4.78, 5) is 12.5. The standard InChI is InChI=1S/C24H17BrClFN2O3/c1-31-22-12-16(10-17(13-28)24(30)29-20-8-4-18(25)5-9-20)11-21(26)23(22)32-14-15-2-6-19(27)7-3-15/h2-12H,14H2,1H3,(H,29,30)/b17-10-. The zero-order chi connectivity index (χ0) is 23.1. The van der Waals surface area contributed by atoms with Crippen molar-refractivity contribution < 1.29 is 18.7 Å². The number of anilines is 1. The highest BCUT2D eigenvalue weighted by Crippen LogP contribution is 2.37. The van der Waals surface area contributed by atoms with Crippen LogP contribution in [0.3, 0.4) is 0 Å². The van der Waals surface area contributed by atoms with E-state index < -0.39 is 5.91 Å². The van der Waals surface area contributed by atoms with Gasteiger partial charge in [-0.15, -0.1) is 0 Å². The Bertz CT molecular complexity index is 1190. The molecule has 0 saturated carbocycles. The Morgan fingerprint density at radius 2 is 1.88 bits per heavy atom. The number of ether oxygens (including phenoxy) is 2. The van der Waals surface area contributed by atoms with Crippen LogP contribution in [0.1, 0.15) is 11.1 Å². The number of hydrogen-bond acceptors (Lipinski definition) is 4. The van der Waals surface area contributed by atoms with Gasteiger partial charge < -0.3 is 14.8 Å². The predicted octanol–water partition coefficient (Wildman–Crippen LogP) is 6.37. The van der Waals surface area contributed by atoms with Crippen molar-refractivity contribution in [3.8, 4) is 17.6 Å². The number of nitrogens with one attached hydrogen (secondary N) is 1. The summed E-state index contributed by atoms with van der Waals surface area (Å²) in [7, 11) is 1.45. The lowest BCUT2D eigenvalue weighted by atomic mass is 10.1. The van der Waals surface area contributed by atoms with Gasteiger partial charge in [0.2, 0.25) is 0 Å². The summed E-state index contributed by atoms with van der Waals surface area (Å²) in [6.07, 6.45) is 1.41. The van der Waals surface area contributed by atoms with Crippen LogP contribution in [0.5, 0.6) is 11.5 Å². The first-order valence-corrected chi connectivity index (χ1v) is 10.5. The second-order valence-electron chi connectivity index (χ2n) is 6.58. The zero-order valence-corrected chi connectivity index (χ0v) is 19.2. The average Bonchev–Trinajstić information content (AvgIpc) is 2.79. The molecule has 8 heteroatoms. The Morgan fingerprint density at radius 1 is 1.19 bits per heavy atom. The second-order valence-corrected chi connectivity index (χ2v) is 7.90. The van der Waals surface area contributed by atoms with E-state index in [0.29, 0.717) is 22.7 Å². The van der Waals surface area contributed by atoms with Crippen molar-refractivity contribution in [2.75, 3.05) is 12.4 Å². The van der Waals surface area contributed by atoms with Crippen molar-refractivity contribution in [1.29, 1.82) is 5.26 Å². The molecule has 1 amide bonds. The molecule has 3 aromatic carbocycles. The van der Waals surface area contributed by atoms with Crippen molar-refractivity contribution in [3.63, 3.8) is 0 Å². The van der Waals surface area contributed by atoms with Crippen LogP contribution in [0.4, 0.5) is 10.1 Å². The maximum Gasteiger partial charge on any atom is 0.266 e. The molecule has 162 valence electrons. The molecule has 0 saturated heterocycles. The van der Waals surface area contributed by atoms with E-state index in [1.165, 1.54) is 25.3 Å². The predicted molar refractivity (Wildman–Crippen MR) is 125 cm³/mol. The molecule has 3 rings (SSSR count). The molecule has 0 aliphatic carbocycles. The number of nitrogens with zero attached hydrogens (tertiary/aromatic N) is 1. The largest absolute Gasteiger partial charge is 0.493 e. The van der Waals surface area contributed by atoms with Gasteiger partial charge in [-0.2, -0.15) is 5.26 Å². The first kappa shape index (κ1) is 23.3. The van der Waals surface area contributed by atoms with Gasteiger partial charge in [-0.3, -0.25) is 4.79 Å². The average molecular weight is 516 g/mol. The molecule has 32 heavy (non-hydrogen) atoms. The van der Waals surface area contributed by atoms with E-state index in [0.717, 1.165) is 10.0 Å². The van der Waals surface area contributed by atoms with Gasteiger partial charge in [-0.25, -0.2) is 4.39 Å². The Labute approximate surface area is 198 Å². The van der Waals surface area contributed by atoms with Gasteiger partial charge in [0.1, 0.15) is 24.1 Å². The summed E-state index contributed by atoms with van der Waals surface area (Å²) < 4.78 is 25.1. The summed E-state index contributed by atoms with van der Waals surface area (Å²) in [6, 6.07) is 17.9. The van der Waals surface area contributed by atoms with E-state index >= 15 is 0 Å². The van der Waals surface area contributed by atoms with Crippen LogP contribution in [-0.4, -0.2) is 13.0 Å². The van der Waals surface area contributed by atoms with Crippen LogP contribution >= 0.6 is 27.5 Å². The van der Waals surface area contributed by atoms with Crippen molar-refractivity contribution in [2.45, 2.75) is 6.61 Å². The zero-order valence-electron chi connectivity index (χ0n) is 16.9. The van der Waals surface area contributed by atoms with Crippen molar-refractivity contribution in [3.05, 3.63) is 92.7 Å². The highest BCUT2D eigenvalue weighted by Gasteiger charge is 2.14. The molecule has 3 aromatic rings. The molecule has 1 N–H and O–H groups in total. The fourth-order valence-electron chi connectivity index (χ4n) is 2.75. The minimum absolute atomic E-state index is 0.106. The third-order valence-corrected chi connectivity index (χ3v) is 5.14. The number of carbonyl (C=O) groups excluding carboxylic acids is 1. The summed E-state index contributed by atoms with van der Waals surface area (Å²) in [5, 5.41) is 12.4. The topological polar surface area (TPSA) is 71.3 Å². The highest BCUT2D eigenvalue weighted by atomic mass is 79.9. The fraction of sp³-hybridized carbons (Fsp3) is 0.0833. The van der Waals surface area contributed by atoms with Gasteiger partial charge in [0.05, 0.1) is 12.1 Å². The number of carbonyl (C=O) groups is 1. The van der Waals surface area contributed by atoms with Crippen LogP contribution in [0, 0.1) is 17.1 Å². The summed E-state index contributed by atoms with van der Waals surface area (Å²) >= 11 is 9.70. The lowest BCUT2D eigenvalue weighted by Gasteiger charge is -2.13. The second kappa shape index (κ2) is 10.8. The molecule has 0 atom stereocenters. The molecule has 0 bridgehead atoms. The lowest BCUT2D eigenvalue weighted by molar-refractivity contribution is -0.112. The summed E-state index contributed by atoms with van der Waals surface area (Å²) in [6.45, 7) is 0.157. The molecule has 0 aliphatic rings. The molecule has 0 fully saturated rings. The van der Waals surface area contributed by atoms with Gasteiger partial charge in [0.15, 0.2) is 11.5 Å². The summed E-state index contributed by atoms with van der Waals surface area (Å²) in [5.41, 5.74) is 1.69. The molecule has 0 unspecified atom stereocenters. The molecule has 0 aliphatic heterocycles. The molecule has 0 radical (unpaired) electrons. The van der Waals surface area contributed by atoms with E-state index in [-0.39, 0.29) is 23.0 Å². The third kappa shape index (κ3) is 6.10. The minimum atomic E-state index is -0.554. The van der Waals surface area contributed by atoms with Gasteiger partial charge in [0.25, 0.3) is 5.91 Å². The van der Waals surface area contributed by atoms with Gasteiger partial charge in [0, 0.05) is 10.2 Å². The van der Waals surface area contributed by atoms with E-state index in [9.17, 15) is 14.4 Å².